The third-order valence-corrected chi connectivity index (χ3v) is 5.29. The molecule has 136 valence electrons. The van der Waals surface area contributed by atoms with Crippen LogP contribution in [0.2, 0.25) is 0 Å². The fourth-order valence-corrected chi connectivity index (χ4v) is 3.88. The first kappa shape index (κ1) is 18.9. The first-order valence-corrected chi connectivity index (χ1v) is 8.65. The molecule has 0 aliphatic heterocycles. The Morgan fingerprint density at radius 3 is 2.17 bits per heavy atom. The minimum absolute atomic E-state index is 0.0119. The largest absolute Gasteiger partial charge is 0.493 e. The van der Waals surface area contributed by atoms with Crippen molar-refractivity contribution in [3.8, 4) is 17.2 Å². The second kappa shape index (κ2) is 8.08. The van der Waals surface area contributed by atoms with E-state index in [1.165, 1.54) is 6.42 Å². The first-order chi connectivity index (χ1) is 11.5. The van der Waals surface area contributed by atoms with Gasteiger partial charge in [0.25, 0.3) is 0 Å². The number of ether oxygens (including phenoxy) is 3. The average molecular weight is 337 g/mol. The van der Waals surface area contributed by atoms with Crippen molar-refractivity contribution in [1.29, 1.82) is 0 Å². The molecule has 0 bridgehead atoms. The van der Waals surface area contributed by atoms with Crippen LogP contribution in [-0.4, -0.2) is 39.1 Å². The number of benzene rings is 1. The summed E-state index contributed by atoms with van der Waals surface area (Å²) in [6.07, 6.45) is 3.37. The molecule has 5 nitrogen and oxygen atoms in total. The van der Waals surface area contributed by atoms with Crippen molar-refractivity contribution >= 4 is 0 Å². The zero-order valence-electron chi connectivity index (χ0n) is 15.5. The molecule has 1 fully saturated rings. The van der Waals surface area contributed by atoms with Crippen molar-refractivity contribution in [2.75, 3.05) is 27.9 Å². The van der Waals surface area contributed by atoms with E-state index >= 15 is 0 Å². The lowest BCUT2D eigenvalue weighted by atomic mass is 9.62. The Labute approximate surface area is 145 Å². The summed E-state index contributed by atoms with van der Waals surface area (Å²) in [5, 5.41) is 13.6. The average Bonchev–Trinajstić information content (AvgIpc) is 2.55. The van der Waals surface area contributed by atoms with E-state index in [2.05, 4.69) is 19.2 Å². The van der Waals surface area contributed by atoms with Gasteiger partial charge in [0.05, 0.1) is 27.9 Å². The summed E-state index contributed by atoms with van der Waals surface area (Å²) in [6.45, 7) is 5.32. The van der Waals surface area contributed by atoms with Gasteiger partial charge in [-0.1, -0.05) is 26.3 Å². The predicted octanol–water partition coefficient (Wildman–Crippen LogP) is 2.99. The molecule has 1 aliphatic rings. The predicted molar refractivity (Wildman–Crippen MR) is 94.9 cm³/mol. The van der Waals surface area contributed by atoms with Gasteiger partial charge in [0.1, 0.15) is 0 Å². The highest BCUT2D eigenvalue weighted by molar-refractivity contribution is 5.55. The number of methoxy groups -OCH3 is 3. The highest BCUT2D eigenvalue weighted by Gasteiger charge is 2.44. The van der Waals surface area contributed by atoms with Crippen molar-refractivity contribution in [3.63, 3.8) is 0 Å². The number of nitrogens with one attached hydrogen (secondary N) is 1. The van der Waals surface area contributed by atoms with Gasteiger partial charge in [-0.3, -0.25) is 0 Å². The molecule has 5 heteroatoms. The Bertz CT molecular complexity index is 535. The van der Waals surface area contributed by atoms with Gasteiger partial charge in [0.15, 0.2) is 11.5 Å². The Morgan fingerprint density at radius 1 is 1.08 bits per heavy atom. The number of rotatable bonds is 9. The molecular formula is C19H31NO4. The number of aliphatic hydroxyl groups is 1. The van der Waals surface area contributed by atoms with Crippen LogP contribution < -0.4 is 19.5 Å². The van der Waals surface area contributed by atoms with E-state index in [9.17, 15) is 5.11 Å². The monoisotopic (exact) mass is 337 g/mol. The third-order valence-electron chi connectivity index (χ3n) is 5.29. The molecule has 1 saturated carbocycles. The SMILES string of the molecule is COc1ccc(CNC(C(C)C)C2(CO)CCC2)c(OC)c1OC. The number of aliphatic hydroxyl groups excluding tert-OH is 1. The topological polar surface area (TPSA) is 60.0 Å². The molecule has 1 aromatic rings. The number of hydrogen-bond acceptors (Lipinski definition) is 5. The molecule has 24 heavy (non-hydrogen) atoms. The van der Waals surface area contributed by atoms with Gasteiger partial charge in [0, 0.05) is 23.6 Å². The molecule has 2 rings (SSSR count). The molecule has 1 aliphatic carbocycles. The van der Waals surface area contributed by atoms with E-state index in [0.717, 1.165) is 18.4 Å². The Kier molecular flexibility index (Phi) is 6.35. The van der Waals surface area contributed by atoms with Crippen LogP contribution in [0.5, 0.6) is 17.2 Å². The molecule has 1 unspecified atom stereocenters. The van der Waals surface area contributed by atoms with E-state index in [4.69, 9.17) is 14.2 Å². The summed E-state index contributed by atoms with van der Waals surface area (Å²) in [5.41, 5.74) is 1.03. The minimum atomic E-state index is 0.0119. The van der Waals surface area contributed by atoms with Crippen molar-refractivity contribution in [2.45, 2.75) is 45.7 Å². The smallest absolute Gasteiger partial charge is 0.203 e. The van der Waals surface area contributed by atoms with Crippen LogP contribution >= 0.6 is 0 Å². The highest BCUT2D eigenvalue weighted by Crippen LogP contribution is 2.46. The quantitative estimate of drug-likeness (QED) is 0.725. The molecule has 1 aromatic carbocycles. The summed E-state index contributed by atoms with van der Waals surface area (Å²) in [5.74, 6) is 2.41. The normalized spacial score (nSPS) is 17.3. The summed E-state index contributed by atoms with van der Waals surface area (Å²) in [7, 11) is 4.87. The lowest BCUT2D eigenvalue weighted by Crippen LogP contribution is -2.54. The van der Waals surface area contributed by atoms with Crippen molar-refractivity contribution in [2.24, 2.45) is 11.3 Å². The van der Waals surface area contributed by atoms with E-state index in [1.807, 2.05) is 12.1 Å². The Hall–Kier alpha value is -1.46. The van der Waals surface area contributed by atoms with Crippen LogP contribution in [0.3, 0.4) is 0 Å². The van der Waals surface area contributed by atoms with Crippen LogP contribution in [0.4, 0.5) is 0 Å². The minimum Gasteiger partial charge on any atom is -0.493 e. The van der Waals surface area contributed by atoms with Crippen LogP contribution in [-0.2, 0) is 6.54 Å². The Morgan fingerprint density at radius 2 is 1.75 bits per heavy atom. The summed E-state index contributed by atoms with van der Waals surface area (Å²) < 4.78 is 16.4. The van der Waals surface area contributed by atoms with Crippen LogP contribution in [0, 0.1) is 11.3 Å². The van der Waals surface area contributed by atoms with Crippen LogP contribution in [0.25, 0.3) is 0 Å². The molecule has 0 aromatic heterocycles. The Balaban J connectivity index is 2.21. The van der Waals surface area contributed by atoms with Gasteiger partial charge >= 0.3 is 0 Å². The maximum absolute atomic E-state index is 9.90. The summed E-state index contributed by atoms with van der Waals surface area (Å²) in [4.78, 5) is 0. The summed E-state index contributed by atoms with van der Waals surface area (Å²) >= 11 is 0. The van der Waals surface area contributed by atoms with Gasteiger partial charge < -0.3 is 24.6 Å². The molecule has 1 atom stereocenters. The van der Waals surface area contributed by atoms with E-state index < -0.39 is 0 Å². The summed E-state index contributed by atoms with van der Waals surface area (Å²) in [6, 6.07) is 4.17. The first-order valence-electron chi connectivity index (χ1n) is 8.65. The second-order valence-electron chi connectivity index (χ2n) is 6.97. The van der Waals surface area contributed by atoms with E-state index in [-0.39, 0.29) is 18.1 Å². The second-order valence-corrected chi connectivity index (χ2v) is 6.97. The van der Waals surface area contributed by atoms with Crippen LogP contribution in [0.1, 0.15) is 38.7 Å². The highest BCUT2D eigenvalue weighted by atomic mass is 16.5. The van der Waals surface area contributed by atoms with Crippen molar-refractivity contribution < 1.29 is 19.3 Å². The zero-order valence-corrected chi connectivity index (χ0v) is 15.5. The third kappa shape index (κ3) is 3.47. The molecular weight excluding hydrogens is 306 g/mol. The van der Waals surface area contributed by atoms with Gasteiger partial charge in [0.2, 0.25) is 5.75 Å². The van der Waals surface area contributed by atoms with Crippen molar-refractivity contribution in [3.05, 3.63) is 17.7 Å². The molecule has 0 radical (unpaired) electrons. The number of hydrogen-bond donors (Lipinski definition) is 2. The lowest BCUT2D eigenvalue weighted by Gasteiger charge is -2.48. The molecule has 0 heterocycles. The molecule has 0 spiro atoms. The molecule has 2 N–H and O–H groups in total. The molecule has 0 amide bonds. The zero-order chi connectivity index (χ0) is 17.7. The van der Waals surface area contributed by atoms with Gasteiger partial charge in [-0.2, -0.15) is 0 Å². The van der Waals surface area contributed by atoms with Crippen molar-refractivity contribution in [1.82, 2.24) is 5.32 Å². The van der Waals surface area contributed by atoms with Gasteiger partial charge in [-0.05, 0) is 24.8 Å². The van der Waals surface area contributed by atoms with E-state index in [0.29, 0.717) is 29.7 Å². The fraction of sp³-hybridized carbons (Fsp3) is 0.684. The standard InChI is InChI=1S/C19H31NO4/c1-13(2)18(19(12-21)9-6-10-19)20-11-14-7-8-15(22-3)17(24-5)16(14)23-4/h7-8,13,18,20-21H,6,9-12H2,1-5H3. The maximum atomic E-state index is 9.90. The van der Waals surface area contributed by atoms with Gasteiger partial charge in [-0.25, -0.2) is 0 Å². The van der Waals surface area contributed by atoms with Gasteiger partial charge in [-0.15, -0.1) is 0 Å². The maximum Gasteiger partial charge on any atom is 0.203 e. The molecule has 0 saturated heterocycles. The van der Waals surface area contributed by atoms with Crippen LogP contribution in [0.15, 0.2) is 12.1 Å². The fourth-order valence-electron chi connectivity index (χ4n) is 3.88. The lowest BCUT2D eigenvalue weighted by molar-refractivity contribution is -0.0101. The van der Waals surface area contributed by atoms with E-state index in [1.54, 1.807) is 21.3 Å².